The number of likely N-dealkylation sites (N-methyl/N-ethyl adjacent to an activating group) is 1. The second kappa shape index (κ2) is 8.16. The van der Waals surface area contributed by atoms with Crippen molar-refractivity contribution in [3.8, 4) is 11.1 Å². The lowest BCUT2D eigenvalue weighted by molar-refractivity contribution is -0.120. The minimum atomic E-state index is 0.174. The molecule has 1 aliphatic heterocycles. The van der Waals surface area contributed by atoms with Crippen molar-refractivity contribution >= 4 is 16.7 Å². The normalized spacial score (nSPS) is 15.9. The third kappa shape index (κ3) is 4.26. The van der Waals surface area contributed by atoms with Crippen molar-refractivity contribution in [3.63, 3.8) is 0 Å². The van der Waals surface area contributed by atoms with Crippen LogP contribution in [0, 0.1) is 0 Å². The Kier molecular flexibility index (Phi) is 5.45. The number of carbonyl (C=O) groups excluding carboxylic acids is 1. The Morgan fingerprint density at radius 3 is 2.57 bits per heavy atom. The van der Waals surface area contributed by atoms with Gasteiger partial charge in [0.1, 0.15) is 5.82 Å². The van der Waals surface area contributed by atoms with E-state index in [0.717, 1.165) is 54.8 Å². The summed E-state index contributed by atoms with van der Waals surface area (Å²) in [6, 6.07) is 6.09. The van der Waals surface area contributed by atoms with E-state index in [9.17, 15) is 4.79 Å². The van der Waals surface area contributed by atoms with Crippen molar-refractivity contribution in [3.05, 3.63) is 42.6 Å². The van der Waals surface area contributed by atoms with E-state index in [0.29, 0.717) is 12.4 Å². The number of aromatic nitrogens is 4. The molecule has 2 aromatic heterocycles. The molecule has 0 unspecified atom stereocenters. The van der Waals surface area contributed by atoms with E-state index in [2.05, 4.69) is 31.8 Å². The number of ketones is 1. The summed E-state index contributed by atoms with van der Waals surface area (Å²) in [5.74, 6) is 0.765. The van der Waals surface area contributed by atoms with Gasteiger partial charge in [-0.2, -0.15) is 5.10 Å². The monoisotopic (exact) mass is 378 g/mol. The molecule has 0 aliphatic carbocycles. The number of hydrogen-bond donors (Lipinski definition) is 0. The molecule has 0 N–H and O–H groups in total. The predicted octanol–water partition coefficient (Wildman–Crippen LogP) is 1.78. The summed E-state index contributed by atoms with van der Waals surface area (Å²) in [6.45, 7) is 7.71. The summed E-state index contributed by atoms with van der Waals surface area (Å²) in [5.41, 5.74) is 2.97. The van der Waals surface area contributed by atoms with Gasteiger partial charge in [-0.05, 0) is 18.2 Å². The first-order valence-electron chi connectivity index (χ1n) is 9.82. The van der Waals surface area contributed by atoms with Crippen LogP contribution >= 0.6 is 0 Å². The van der Waals surface area contributed by atoms with Gasteiger partial charge in [0.15, 0.2) is 5.78 Å². The Hall–Kier alpha value is -2.64. The van der Waals surface area contributed by atoms with Crippen molar-refractivity contribution in [2.75, 3.05) is 39.3 Å². The second-order valence-corrected chi connectivity index (χ2v) is 7.39. The first-order valence-corrected chi connectivity index (χ1v) is 9.82. The molecule has 0 amide bonds. The Morgan fingerprint density at radius 1 is 1.07 bits per heavy atom. The number of aryl methyl sites for hydroxylation is 1. The summed E-state index contributed by atoms with van der Waals surface area (Å²) < 4.78 is 1.78. The third-order valence-electron chi connectivity index (χ3n) is 5.34. The van der Waals surface area contributed by atoms with Crippen LogP contribution in [0.5, 0.6) is 0 Å². The summed E-state index contributed by atoms with van der Waals surface area (Å²) >= 11 is 0. The van der Waals surface area contributed by atoms with E-state index < -0.39 is 0 Å². The summed E-state index contributed by atoms with van der Waals surface area (Å²) in [6.07, 6.45) is 5.90. The van der Waals surface area contributed by atoms with Crippen molar-refractivity contribution in [1.29, 1.82) is 0 Å². The number of fused-ring (bicyclic) bond motifs is 1. The second-order valence-electron chi connectivity index (χ2n) is 7.39. The van der Waals surface area contributed by atoms with Crippen LogP contribution in [-0.4, -0.2) is 74.6 Å². The molecule has 1 aromatic carbocycles. The molecular formula is C21H26N6O. The van der Waals surface area contributed by atoms with Gasteiger partial charge in [0.2, 0.25) is 0 Å². The molecule has 7 heteroatoms. The highest BCUT2D eigenvalue weighted by Gasteiger charge is 2.18. The van der Waals surface area contributed by atoms with Gasteiger partial charge in [-0.3, -0.25) is 14.4 Å². The lowest BCUT2D eigenvalue weighted by Gasteiger charge is -2.33. The molecule has 7 nitrogen and oxygen atoms in total. The molecule has 1 aliphatic rings. The molecular weight excluding hydrogens is 352 g/mol. The average Bonchev–Trinajstić information content (AvgIpc) is 3.14. The van der Waals surface area contributed by atoms with Crippen molar-refractivity contribution in [2.45, 2.75) is 13.3 Å². The van der Waals surface area contributed by atoms with Gasteiger partial charge in [-0.25, -0.2) is 9.97 Å². The molecule has 3 heterocycles. The van der Waals surface area contributed by atoms with Crippen LogP contribution in [0.1, 0.15) is 12.7 Å². The number of piperazine rings is 1. The van der Waals surface area contributed by atoms with Crippen LogP contribution in [0.15, 0.2) is 36.8 Å². The van der Waals surface area contributed by atoms with Gasteiger partial charge in [-0.15, -0.1) is 0 Å². The number of hydrogen-bond acceptors (Lipinski definition) is 6. The van der Waals surface area contributed by atoms with Crippen molar-refractivity contribution in [2.24, 2.45) is 7.05 Å². The fraction of sp³-hybridized carbons (Fsp3) is 0.429. The van der Waals surface area contributed by atoms with Gasteiger partial charge in [0.05, 0.1) is 24.7 Å². The number of benzene rings is 1. The Bertz CT molecular complexity index is 974. The summed E-state index contributed by atoms with van der Waals surface area (Å²) in [5, 5.41) is 5.20. The average molecular weight is 378 g/mol. The molecule has 0 saturated carbocycles. The number of rotatable bonds is 6. The van der Waals surface area contributed by atoms with Crippen LogP contribution in [0.2, 0.25) is 0 Å². The third-order valence-corrected chi connectivity index (χ3v) is 5.34. The lowest BCUT2D eigenvalue weighted by Crippen LogP contribution is -2.47. The zero-order chi connectivity index (χ0) is 19.5. The molecule has 4 rings (SSSR count). The topological polar surface area (TPSA) is 67.2 Å². The van der Waals surface area contributed by atoms with Gasteiger partial charge >= 0.3 is 0 Å². The fourth-order valence-corrected chi connectivity index (χ4v) is 3.64. The lowest BCUT2D eigenvalue weighted by atomic mass is 10.1. The Balaban J connectivity index is 1.44. The van der Waals surface area contributed by atoms with E-state index in [-0.39, 0.29) is 12.2 Å². The molecule has 3 aromatic rings. The first kappa shape index (κ1) is 18.7. The van der Waals surface area contributed by atoms with Gasteiger partial charge in [0.25, 0.3) is 0 Å². The zero-order valence-electron chi connectivity index (χ0n) is 16.5. The van der Waals surface area contributed by atoms with Gasteiger partial charge in [0, 0.05) is 56.6 Å². The Morgan fingerprint density at radius 2 is 1.86 bits per heavy atom. The number of Topliss-reactive ketones (excluding diaryl/α,β-unsaturated/α-hetero) is 1. The fourth-order valence-electron chi connectivity index (χ4n) is 3.64. The summed E-state index contributed by atoms with van der Waals surface area (Å²) in [7, 11) is 1.90. The van der Waals surface area contributed by atoms with Crippen LogP contribution < -0.4 is 0 Å². The molecule has 1 saturated heterocycles. The largest absolute Gasteiger partial charge is 0.301 e. The molecule has 146 valence electrons. The van der Waals surface area contributed by atoms with Crippen LogP contribution in [0.3, 0.4) is 0 Å². The first-order chi connectivity index (χ1) is 13.6. The SMILES string of the molecule is CCN1CCN(CC(=O)Cc2ncc3ccc(-c4cnn(C)c4)cc3n2)CC1. The van der Waals surface area contributed by atoms with Gasteiger partial charge < -0.3 is 4.90 Å². The summed E-state index contributed by atoms with van der Waals surface area (Å²) in [4.78, 5) is 26.2. The van der Waals surface area contributed by atoms with Crippen LogP contribution in [0.4, 0.5) is 0 Å². The van der Waals surface area contributed by atoms with E-state index in [4.69, 9.17) is 0 Å². The predicted molar refractivity (Wildman–Crippen MR) is 109 cm³/mol. The van der Waals surface area contributed by atoms with Crippen LogP contribution in [-0.2, 0) is 18.3 Å². The molecule has 0 radical (unpaired) electrons. The number of nitrogens with zero attached hydrogens (tertiary/aromatic N) is 6. The maximum atomic E-state index is 12.5. The van der Waals surface area contributed by atoms with E-state index >= 15 is 0 Å². The van der Waals surface area contributed by atoms with Crippen LogP contribution in [0.25, 0.3) is 22.0 Å². The number of carbonyl (C=O) groups is 1. The van der Waals surface area contributed by atoms with Crippen molar-refractivity contribution in [1.82, 2.24) is 29.5 Å². The van der Waals surface area contributed by atoms with E-state index in [1.807, 2.05) is 37.6 Å². The maximum Gasteiger partial charge on any atom is 0.154 e. The standard InChI is InChI=1S/C21H26N6O/c1-3-26-6-8-27(9-7-26)15-19(28)11-21-22-12-17-5-4-16(10-20(17)24-21)18-13-23-25(2)14-18/h4-5,10,12-14H,3,6-9,11,15H2,1-2H3. The highest BCUT2D eigenvalue weighted by atomic mass is 16.1. The molecule has 0 bridgehead atoms. The zero-order valence-corrected chi connectivity index (χ0v) is 16.5. The molecule has 0 spiro atoms. The highest BCUT2D eigenvalue weighted by Crippen LogP contribution is 2.22. The minimum Gasteiger partial charge on any atom is -0.301 e. The highest BCUT2D eigenvalue weighted by molar-refractivity contribution is 5.85. The maximum absolute atomic E-state index is 12.5. The van der Waals surface area contributed by atoms with Gasteiger partial charge in [-0.1, -0.05) is 19.1 Å². The molecule has 0 atom stereocenters. The smallest absolute Gasteiger partial charge is 0.154 e. The minimum absolute atomic E-state index is 0.174. The molecule has 28 heavy (non-hydrogen) atoms. The Labute approximate surface area is 165 Å². The quantitative estimate of drug-likeness (QED) is 0.651. The van der Waals surface area contributed by atoms with Crippen molar-refractivity contribution < 1.29 is 4.79 Å². The molecule has 1 fully saturated rings. The van der Waals surface area contributed by atoms with E-state index in [1.54, 1.807) is 10.9 Å². The van der Waals surface area contributed by atoms with E-state index in [1.165, 1.54) is 0 Å².